The predicted octanol–water partition coefficient (Wildman–Crippen LogP) is 4.32. The summed E-state index contributed by atoms with van der Waals surface area (Å²) in [5.74, 6) is 0. The molecule has 0 radical (unpaired) electrons. The largest absolute Gasteiger partial charge is 0.398 e. The van der Waals surface area contributed by atoms with Crippen molar-refractivity contribution < 1.29 is 4.79 Å². The lowest BCUT2D eigenvalue weighted by atomic mass is 10.1. The van der Waals surface area contributed by atoms with Gasteiger partial charge in [0.05, 0.1) is 0 Å². The van der Waals surface area contributed by atoms with E-state index in [-0.39, 0.29) is 6.03 Å². The zero-order valence-electron chi connectivity index (χ0n) is 12.7. The molecule has 2 aromatic rings. The second kappa shape index (κ2) is 5.56. The number of carbonyl (C=O) groups excluding carboxylic acids is 1. The Kier molecular flexibility index (Phi) is 3.59. The minimum atomic E-state index is -0.273. The normalized spacial score (nSPS) is 12.5. The third kappa shape index (κ3) is 3.11. The lowest BCUT2D eigenvalue weighted by Gasteiger charge is -2.11. The van der Waals surface area contributed by atoms with Crippen LogP contribution < -0.4 is 16.4 Å². The molecule has 0 aromatic heterocycles. The Morgan fingerprint density at radius 1 is 1.05 bits per heavy atom. The monoisotopic (exact) mass is 293 g/mol. The first-order chi connectivity index (χ1) is 10.5. The van der Waals surface area contributed by atoms with Crippen molar-refractivity contribution in [1.82, 2.24) is 0 Å². The van der Waals surface area contributed by atoms with Crippen LogP contribution in [-0.2, 0) is 0 Å². The maximum absolute atomic E-state index is 12.1. The first-order valence-electron chi connectivity index (χ1n) is 7.27. The van der Waals surface area contributed by atoms with Gasteiger partial charge in [0.1, 0.15) is 0 Å². The lowest BCUT2D eigenvalue weighted by molar-refractivity contribution is 0.262. The number of anilines is 3. The molecule has 1 aliphatic carbocycles. The number of nitrogens with one attached hydrogen (secondary N) is 2. The number of nitrogen functional groups attached to an aromatic ring is 1. The molecule has 2 aromatic carbocycles. The number of hydrogen-bond acceptors (Lipinski definition) is 2. The summed E-state index contributed by atoms with van der Waals surface area (Å²) in [5.41, 5.74) is 12.6. The SMILES string of the molecule is Cc1ccc(NC(=O)Nc2ccc(C3=CC3)cc2C)cc1N. The summed E-state index contributed by atoms with van der Waals surface area (Å²) in [4.78, 5) is 12.1. The molecule has 0 atom stereocenters. The van der Waals surface area contributed by atoms with Gasteiger partial charge < -0.3 is 16.4 Å². The second-order valence-electron chi connectivity index (χ2n) is 5.61. The summed E-state index contributed by atoms with van der Waals surface area (Å²) in [7, 11) is 0. The average Bonchev–Trinajstić information content (AvgIpc) is 3.30. The van der Waals surface area contributed by atoms with Crippen LogP contribution in [0.5, 0.6) is 0 Å². The van der Waals surface area contributed by atoms with Crippen molar-refractivity contribution in [1.29, 1.82) is 0 Å². The highest BCUT2D eigenvalue weighted by Gasteiger charge is 2.12. The number of hydrogen-bond donors (Lipinski definition) is 3. The molecule has 1 aliphatic rings. The zero-order chi connectivity index (χ0) is 15.7. The fraction of sp³-hybridized carbons (Fsp3) is 0.167. The van der Waals surface area contributed by atoms with Gasteiger partial charge in [-0.05, 0) is 66.8 Å². The van der Waals surface area contributed by atoms with E-state index in [9.17, 15) is 4.79 Å². The van der Waals surface area contributed by atoms with Crippen molar-refractivity contribution in [3.8, 4) is 0 Å². The molecule has 0 spiro atoms. The van der Waals surface area contributed by atoms with Gasteiger partial charge in [-0.3, -0.25) is 0 Å². The Labute approximate surface area is 130 Å². The third-order valence-corrected chi connectivity index (χ3v) is 3.79. The van der Waals surface area contributed by atoms with Crippen LogP contribution in [0.2, 0.25) is 0 Å². The highest BCUT2D eigenvalue weighted by atomic mass is 16.2. The number of nitrogens with two attached hydrogens (primary N) is 1. The number of urea groups is 1. The van der Waals surface area contributed by atoms with Crippen LogP contribution in [0, 0.1) is 13.8 Å². The smallest absolute Gasteiger partial charge is 0.323 e. The maximum Gasteiger partial charge on any atom is 0.323 e. The van der Waals surface area contributed by atoms with Gasteiger partial charge in [-0.1, -0.05) is 18.2 Å². The topological polar surface area (TPSA) is 67.2 Å². The summed E-state index contributed by atoms with van der Waals surface area (Å²) in [6.07, 6.45) is 3.26. The summed E-state index contributed by atoms with van der Waals surface area (Å²) in [5, 5.41) is 5.66. The molecule has 0 heterocycles. The summed E-state index contributed by atoms with van der Waals surface area (Å²) >= 11 is 0. The molecule has 0 saturated heterocycles. The number of aryl methyl sites for hydroxylation is 2. The van der Waals surface area contributed by atoms with Gasteiger partial charge in [-0.15, -0.1) is 0 Å². The van der Waals surface area contributed by atoms with Crippen molar-refractivity contribution in [2.45, 2.75) is 20.3 Å². The third-order valence-electron chi connectivity index (χ3n) is 3.79. The summed E-state index contributed by atoms with van der Waals surface area (Å²) < 4.78 is 0. The Morgan fingerprint density at radius 2 is 1.82 bits per heavy atom. The zero-order valence-corrected chi connectivity index (χ0v) is 12.7. The van der Waals surface area contributed by atoms with Crippen LogP contribution in [0.25, 0.3) is 5.57 Å². The number of carbonyl (C=O) groups is 1. The standard InChI is InChI=1S/C18H19N3O/c1-11-3-7-15(10-16(11)19)20-18(22)21-17-8-6-14(9-12(17)2)13-4-5-13/h3-4,6-10H,5,19H2,1-2H3,(H2,20,21,22). The molecule has 0 saturated carbocycles. The van der Waals surface area contributed by atoms with E-state index in [0.29, 0.717) is 11.4 Å². The van der Waals surface area contributed by atoms with E-state index in [1.54, 1.807) is 6.07 Å². The molecule has 4 heteroatoms. The molecule has 3 rings (SSSR count). The molecule has 0 aliphatic heterocycles. The predicted molar refractivity (Wildman–Crippen MR) is 92.0 cm³/mol. The number of amides is 2. The summed E-state index contributed by atoms with van der Waals surface area (Å²) in [6, 6.07) is 11.3. The van der Waals surface area contributed by atoms with E-state index < -0.39 is 0 Å². The first-order valence-corrected chi connectivity index (χ1v) is 7.27. The van der Waals surface area contributed by atoms with Crippen molar-refractivity contribution in [2.75, 3.05) is 16.4 Å². The highest BCUT2D eigenvalue weighted by Crippen LogP contribution is 2.32. The Balaban J connectivity index is 1.68. The van der Waals surface area contributed by atoms with Crippen LogP contribution in [0.4, 0.5) is 21.9 Å². The Morgan fingerprint density at radius 3 is 2.45 bits per heavy atom. The lowest BCUT2D eigenvalue weighted by Crippen LogP contribution is -2.20. The van der Waals surface area contributed by atoms with Gasteiger partial charge in [0.15, 0.2) is 0 Å². The van der Waals surface area contributed by atoms with E-state index in [2.05, 4.69) is 22.8 Å². The second-order valence-corrected chi connectivity index (χ2v) is 5.61. The first kappa shape index (κ1) is 14.2. The summed E-state index contributed by atoms with van der Waals surface area (Å²) in [6.45, 7) is 3.92. The minimum Gasteiger partial charge on any atom is -0.398 e. The van der Waals surface area contributed by atoms with Crippen LogP contribution in [0.1, 0.15) is 23.1 Å². The van der Waals surface area contributed by atoms with E-state index in [0.717, 1.165) is 23.2 Å². The molecule has 4 N–H and O–H groups in total. The molecule has 0 bridgehead atoms. The van der Waals surface area contributed by atoms with Gasteiger partial charge >= 0.3 is 6.03 Å². The van der Waals surface area contributed by atoms with Gasteiger partial charge in [-0.2, -0.15) is 0 Å². The van der Waals surface area contributed by atoms with Crippen LogP contribution in [-0.4, -0.2) is 6.03 Å². The van der Waals surface area contributed by atoms with Crippen molar-refractivity contribution in [3.05, 3.63) is 59.2 Å². The van der Waals surface area contributed by atoms with E-state index in [1.165, 1.54) is 11.1 Å². The van der Waals surface area contributed by atoms with Gasteiger partial charge in [-0.25, -0.2) is 4.79 Å². The van der Waals surface area contributed by atoms with E-state index >= 15 is 0 Å². The molecular formula is C18H19N3O. The van der Waals surface area contributed by atoms with Gasteiger partial charge in [0.25, 0.3) is 0 Å². The minimum absolute atomic E-state index is 0.273. The fourth-order valence-corrected chi connectivity index (χ4v) is 2.29. The van der Waals surface area contributed by atoms with Crippen LogP contribution in [0.15, 0.2) is 42.5 Å². The van der Waals surface area contributed by atoms with Crippen molar-refractivity contribution in [3.63, 3.8) is 0 Å². The fourth-order valence-electron chi connectivity index (χ4n) is 2.29. The Hall–Kier alpha value is -2.75. The molecule has 2 amide bonds. The number of allylic oxidation sites excluding steroid dienone is 2. The molecule has 4 nitrogen and oxygen atoms in total. The molecule has 112 valence electrons. The van der Waals surface area contributed by atoms with Gasteiger partial charge in [0.2, 0.25) is 0 Å². The molecule has 0 fully saturated rings. The van der Waals surface area contributed by atoms with Crippen LogP contribution in [0.3, 0.4) is 0 Å². The molecule has 0 unspecified atom stereocenters. The van der Waals surface area contributed by atoms with E-state index in [4.69, 9.17) is 5.73 Å². The van der Waals surface area contributed by atoms with Crippen molar-refractivity contribution in [2.24, 2.45) is 0 Å². The van der Waals surface area contributed by atoms with Crippen LogP contribution >= 0.6 is 0 Å². The number of rotatable bonds is 3. The van der Waals surface area contributed by atoms with Gasteiger partial charge in [0, 0.05) is 17.1 Å². The van der Waals surface area contributed by atoms with E-state index in [1.807, 2.05) is 38.1 Å². The van der Waals surface area contributed by atoms with Crippen molar-refractivity contribution >= 4 is 28.7 Å². The molecule has 22 heavy (non-hydrogen) atoms. The highest BCUT2D eigenvalue weighted by molar-refractivity contribution is 6.00. The Bertz CT molecular complexity index is 778. The average molecular weight is 293 g/mol. The quantitative estimate of drug-likeness (QED) is 0.738. The number of benzene rings is 2. The molecular weight excluding hydrogens is 274 g/mol. The maximum atomic E-state index is 12.1.